The summed E-state index contributed by atoms with van der Waals surface area (Å²) in [5.74, 6) is 0. The van der Waals surface area contributed by atoms with E-state index in [0.29, 0.717) is 0 Å². The summed E-state index contributed by atoms with van der Waals surface area (Å²) >= 11 is 11.5. The topological polar surface area (TPSA) is 104 Å². The van der Waals surface area contributed by atoms with Crippen LogP contribution in [0.2, 0.25) is 10.0 Å². The number of rotatable bonds is 5. The second kappa shape index (κ2) is 6.58. The highest BCUT2D eigenvalue weighted by molar-refractivity contribution is 7.89. The highest BCUT2D eigenvalue weighted by Crippen LogP contribution is 2.38. The van der Waals surface area contributed by atoms with Crippen molar-refractivity contribution in [1.82, 2.24) is 4.31 Å². The number of sulfonamides is 1. The quantitative estimate of drug-likeness (QED) is 0.599. The molecular formula is C11H11Cl2N3O4S. The molecule has 1 aromatic rings. The van der Waals surface area contributed by atoms with Gasteiger partial charge in [0.1, 0.15) is 14.9 Å². The molecule has 7 nitrogen and oxygen atoms in total. The molecule has 0 saturated carbocycles. The normalized spacial score (nSPS) is 13.0. The minimum absolute atomic E-state index is 0.0248. The molecule has 0 amide bonds. The first-order valence-corrected chi connectivity index (χ1v) is 7.81. The van der Waals surface area contributed by atoms with Gasteiger partial charge in [0, 0.05) is 13.1 Å². The summed E-state index contributed by atoms with van der Waals surface area (Å²) in [4.78, 5) is 9.64. The van der Waals surface area contributed by atoms with E-state index in [-0.39, 0.29) is 11.4 Å². The number of nitrogens with zero attached hydrogens (tertiary/aromatic N) is 3. The molecule has 21 heavy (non-hydrogen) atoms. The van der Waals surface area contributed by atoms with Crippen LogP contribution in [0.25, 0.3) is 0 Å². The van der Waals surface area contributed by atoms with Gasteiger partial charge in [0.2, 0.25) is 10.0 Å². The third-order valence-corrected chi connectivity index (χ3v) is 5.69. The van der Waals surface area contributed by atoms with Crippen molar-refractivity contribution in [1.29, 1.82) is 5.26 Å². The fourth-order valence-electron chi connectivity index (χ4n) is 1.54. The van der Waals surface area contributed by atoms with Crippen molar-refractivity contribution < 1.29 is 13.3 Å². The number of hydrogen-bond acceptors (Lipinski definition) is 5. The van der Waals surface area contributed by atoms with E-state index in [4.69, 9.17) is 28.5 Å². The maximum absolute atomic E-state index is 12.4. The third-order valence-electron chi connectivity index (χ3n) is 2.88. The van der Waals surface area contributed by atoms with Crippen molar-refractivity contribution in [2.45, 2.75) is 24.3 Å². The average Bonchev–Trinajstić information content (AvgIpc) is 2.37. The van der Waals surface area contributed by atoms with Crippen LogP contribution in [-0.4, -0.2) is 30.7 Å². The van der Waals surface area contributed by atoms with Gasteiger partial charge in [-0.2, -0.15) is 9.57 Å². The summed E-state index contributed by atoms with van der Waals surface area (Å²) in [5.41, 5.74) is -0.666. The lowest BCUT2D eigenvalue weighted by atomic mass is 10.3. The Morgan fingerprint density at radius 2 is 2.05 bits per heavy atom. The van der Waals surface area contributed by atoms with Gasteiger partial charge in [-0.3, -0.25) is 10.1 Å². The SMILES string of the molecule is CC(CC#N)N(C)S(=O)(=O)c1ccc(Cl)c([N+](=O)[O-])c1Cl. The first kappa shape index (κ1) is 17.7. The van der Waals surface area contributed by atoms with Crippen LogP contribution in [0, 0.1) is 21.4 Å². The second-order valence-electron chi connectivity index (χ2n) is 4.20. The summed E-state index contributed by atoms with van der Waals surface area (Å²) in [6, 6.07) is 3.45. The summed E-state index contributed by atoms with van der Waals surface area (Å²) in [6.07, 6.45) is -0.0248. The molecule has 0 N–H and O–H groups in total. The van der Waals surface area contributed by atoms with Crippen molar-refractivity contribution in [3.63, 3.8) is 0 Å². The Balaban J connectivity index is 3.44. The van der Waals surface area contributed by atoms with Crippen LogP contribution in [0.3, 0.4) is 0 Å². The molecule has 0 saturated heterocycles. The Kier molecular flexibility index (Phi) is 5.53. The summed E-state index contributed by atoms with van der Waals surface area (Å²) in [5, 5.41) is 18.7. The van der Waals surface area contributed by atoms with Crippen molar-refractivity contribution in [2.75, 3.05) is 7.05 Å². The fourth-order valence-corrected chi connectivity index (χ4v) is 3.76. The maximum Gasteiger partial charge on any atom is 0.307 e. The zero-order valence-corrected chi connectivity index (χ0v) is 13.4. The number of hydrogen-bond donors (Lipinski definition) is 0. The van der Waals surface area contributed by atoms with E-state index in [0.717, 1.165) is 16.4 Å². The lowest BCUT2D eigenvalue weighted by Gasteiger charge is -2.22. The van der Waals surface area contributed by atoms with Crippen LogP contribution < -0.4 is 0 Å². The number of nitriles is 1. The van der Waals surface area contributed by atoms with Crippen LogP contribution in [0.1, 0.15) is 13.3 Å². The molecule has 1 aromatic carbocycles. The molecule has 0 fully saturated rings. The van der Waals surface area contributed by atoms with E-state index in [1.54, 1.807) is 6.92 Å². The third kappa shape index (κ3) is 3.44. The minimum atomic E-state index is -4.08. The van der Waals surface area contributed by atoms with Gasteiger partial charge in [-0.25, -0.2) is 8.42 Å². The van der Waals surface area contributed by atoms with E-state index in [9.17, 15) is 18.5 Å². The maximum atomic E-state index is 12.4. The molecule has 0 radical (unpaired) electrons. The Labute approximate surface area is 131 Å². The highest BCUT2D eigenvalue weighted by atomic mass is 35.5. The molecular weight excluding hydrogens is 341 g/mol. The summed E-state index contributed by atoms with van der Waals surface area (Å²) < 4.78 is 25.8. The van der Waals surface area contributed by atoms with Gasteiger partial charge in [-0.1, -0.05) is 23.2 Å². The summed E-state index contributed by atoms with van der Waals surface area (Å²) in [6.45, 7) is 1.54. The Morgan fingerprint density at radius 1 is 1.48 bits per heavy atom. The summed E-state index contributed by atoms with van der Waals surface area (Å²) in [7, 11) is -2.80. The molecule has 0 aliphatic carbocycles. The van der Waals surface area contributed by atoms with Gasteiger partial charge >= 0.3 is 5.69 Å². The molecule has 1 unspecified atom stereocenters. The van der Waals surface area contributed by atoms with Gasteiger partial charge in [-0.05, 0) is 19.1 Å². The van der Waals surface area contributed by atoms with Gasteiger partial charge in [0.15, 0.2) is 0 Å². The molecule has 0 aromatic heterocycles. The van der Waals surface area contributed by atoms with Gasteiger partial charge in [0.25, 0.3) is 0 Å². The number of nitro groups is 1. The monoisotopic (exact) mass is 351 g/mol. The molecule has 10 heteroatoms. The first-order chi connectivity index (χ1) is 9.64. The molecule has 0 aliphatic rings. The number of nitro benzene ring substituents is 1. The predicted molar refractivity (Wildman–Crippen MR) is 77.8 cm³/mol. The molecule has 0 aliphatic heterocycles. The lowest BCUT2D eigenvalue weighted by molar-refractivity contribution is -0.384. The van der Waals surface area contributed by atoms with Crippen molar-refractivity contribution in [2.24, 2.45) is 0 Å². The molecule has 0 bridgehead atoms. The fraction of sp³-hybridized carbons (Fsp3) is 0.364. The van der Waals surface area contributed by atoms with Crippen molar-refractivity contribution in [3.05, 3.63) is 32.3 Å². The Hall–Kier alpha value is -1.40. The largest absolute Gasteiger partial charge is 0.307 e. The van der Waals surface area contributed by atoms with Crippen molar-refractivity contribution in [3.8, 4) is 6.07 Å². The second-order valence-corrected chi connectivity index (χ2v) is 6.95. The standard InChI is InChI=1S/C11H11Cl2N3O4S/c1-7(5-6-14)15(2)21(19,20)9-4-3-8(12)11(10(9)13)16(17)18/h3-4,7H,5H2,1-2H3. The van der Waals surface area contributed by atoms with Crippen LogP contribution in [0.15, 0.2) is 17.0 Å². The number of halogens is 2. The van der Waals surface area contributed by atoms with E-state index in [1.807, 2.05) is 6.07 Å². The van der Waals surface area contributed by atoms with Gasteiger partial charge < -0.3 is 0 Å². The van der Waals surface area contributed by atoms with Gasteiger partial charge in [0.05, 0.1) is 17.4 Å². The van der Waals surface area contributed by atoms with Crippen LogP contribution in [0.4, 0.5) is 5.69 Å². The van der Waals surface area contributed by atoms with Crippen LogP contribution in [-0.2, 0) is 10.0 Å². The van der Waals surface area contributed by atoms with E-state index in [2.05, 4.69) is 0 Å². The lowest BCUT2D eigenvalue weighted by Crippen LogP contribution is -2.35. The zero-order chi connectivity index (χ0) is 16.4. The molecule has 1 rings (SSSR count). The molecule has 0 heterocycles. The number of benzene rings is 1. The van der Waals surface area contributed by atoms with E-state index < -0.39 is 36.6 Å². The molecule has 114 valence electrons. The Bertz CT molecular complexity index is 715. The van der Waals surface area contributed by atoms with Crippen LogP contribution >= 0.6 is 23.2 Å². The average molecular weight is 352 g/mol. The highest BCUT2D eigenvalue weighted by Gasteiger charge is 2.32. The molecule has 1 atom stereocenters. The van der Waals surface area contributed by atoms with Crippen molar-refractivity contribution >= 4 is 38.9 Å². The van der Waals surface area contributed by atoms with Crippen LogP contribution in [0.5, 0.6) is 0 Å². The molecule has 0 spiro atoms. The first-order valence-electron chi connectivity index (χ1n) is 5.62. The minimum Gasteiger partial charge on any atom is -0.258 e. The zero-order valence-electron chi connectivity index (χ0n) is 11.1. The smallest absolute Gasteiger partial charge is 0.258 e. The van der Waals surface area contributed by atoms with Gasteiger partial charge in [-0.15, -0.1) is 0 Å². The Morgan fingerprint density at radius 3 is 2.52 bits per heavy atom. The predicted octanol–water partition coefficient (Wildman–Crippen LogP) is 2.82. The van der Waals surface area contributed by atoms with E-state index in [1.165, 1.54) is 7.05 Å². The van der Waals surface area contributed by atoms with E-state index >= 15 is 0 Å².